The van der Waals surface area contributed by atoms with E-state index in [4.69, 9.17) is 0 Å². The number of nitrogens with zero attached hydrogens (tertiary/aromatic N) is 1. The second kappa shape index (κ2) is 9.61. The second-order valence-electron chi connectivity index (χ2n) is 6.19. The van der Waals surface area contributed by atoms with Gasteiger partial charge in [-0.05, 0) is 31.2 Å². The number of phenolic OH excluding ortho intramolecular Hbond substituents is 1. The van der Waals surface area contributed by atoms with Crippen LogP contribution in [0.2, 0.25) is 0 Å². The maximum absolute atomic E-state index is 12.9. The number of nitrogens with one attached hydrogen (secondary N) is 1. The molecule has 0 saturated heterocycles. The number of phenols is 1. The lowest BCUT2D eigenvalue weighted by Gasteiger charge is -2.22. The number of hydrogen-bond donors (Lipinski definition) is 2. The fourth-order valence-corrected chi connectivity index (χ4v) is 3.61. The molecule has 9 heteroatoms. The van der Waals surface area contributed by atoms with Gasteiger partial charge in [-0.15, -0.1) is 0 Å². The van der Waals surface area contributed by atoms with E-state index in [1.165, 1.54) is 18.2 Å². The lowest BCUT2D eigenvalue weighted by atomic mass is 10.2. The summed E-state index contributed by atoms with van der Waals surface area (Å²) < 4.78 is 49.3. The molecule has 0 saturated carbocycles. The van der Waals surface area contributed by atoms with E-state index in [0.29, 0.717) is 18.7 Å². The number of rotatable bonds is 9. The van der Waals surface area contributed by atoms with Crippen molar-refractivity contribution in [3.63, 3.8) is 0 Å². The number of aromatic hydroxyl groups is 1. The Hall–Kier alpha value is -2.52. The Morgan fingerprint density at radius 3 is 2.43 bits per heavy atom. The Bertz CT molecular complexity index is 920. The van der Waals surface area contributed by atoms with E-state index in [1.54, 1.807) is 29.2 Å². The zero-order valence-corrected chi connectivity index (χ0v) is 16.1. The molecule has 2 aromatic rings. The van der Waals surface area contributed by atoms with Gasteiger partial charge in [0.2, 0.25) is 15.7 Å². The number of amides is 1. The average molecular weight is 412 g/mol. The molecule has 2 N–H and O–H groups in total. The predicted molar refractivity (Wildman–Crippen MR) is 102 cm³/mol. The molecule has 0 aromatic heterocycles. The van der Waals surface area contributed by atoms with Gasteiger partial charge in [0, 0.05) is 12.1 Å². The van der Waals surface area contributed by atoms with Gasteiger partial charge in [0.05, 0.1) is 17.1 Å². The second-order valence-corrected chi connectivity index (χ2v) is 8.08. The number of carbonyl (C=O) groups is 1. The van der Waals surface area contributed by atoms with Crippen LogP contribution in [0, 0.1) is 0 Å². The first kappa shape index (κ1) is 21.8. The number of anilines is 1. The number of carbonyl (C=O) groups excluding carboxylic acids is 1. The molecule has 6 nitrogen and oxygen atoms in total. The van der Waals surface area contributed by atoms with Gasteiger partial charge in [-0.2, -0.15) is 8.78 Å². The summed E-state index contributed by atoms with van der Waals surface area (Å²) in [6.07, 6.45) is 0.747. The highest BCUT2D eigenvalue weighted by molar-refractivity contribution is 7.91. The maximum Gasteiger partial charge on any atom is 0.341 e. The Balaban J connectivity index is 2.15. The molecule has 0 atom stereocenters. The number of halogens is 2. The quantitative estimate of drug-likeness (QED) is 0.660. The lowest BCUT2D eigenvalue weighted by Crippen LogP contribution is -2.33. The molecular weight excluding hydrogens is 390 g/mol. The standard InChI is InChI=1S/C19H22F2N2O4S/c1-2-11-23(12-14-7-3-5-9-16(14)24)13-18(25)22-15-8-4-6-10-17(15)28(26,27)19(20)21/h3-10,19,24H,2,11-13H2,1H3,(H,22,25). The maximum atomic E-state index is 12.9. The molecule has 28 heavy (non-hydrogen) atoms. The normalized spacial score (nSPS) is 11.8. The van der Waals surface area contributed by atoms with Crippen molar-refractivity contribution in [2.45, 2.75) is 30.5 Å². The summed E-state index contributed by atoms with van der Waals surface area (Å²) in [6.45, 7) is 2.70. The van der Waals surface area contributed by atoms with E-state index in [1.807, 2.05) is 6.92 Å². The van der Waals surface area contributed by atoms with E-state index in [0.717, 1.165) is 12.5 Å². The minimum atomic E-state index is -4.84. The molecule has 0 heterocycles. The molecule has 0 radical (unpaired) electrons. The number of hydrogen-bond acceptors (Lipinski definition) is 5. The molecule has 0 aliphatic carbocycles. The van der Waals surface area contributed by atoms with E-state index in [9.17, 15) is 27.1 Å². The van der Waals surface area contributed by atoms with Gasteiger partial charge in [-0.1, -0.05) is 37.3 Å². The van der Waals surface area contributed by atoms with Gasteiger partial charge in [0.15, 0.2) is 0 Å². The van der Waals surface area contributed by atoms with E-state index >= 15 is 0 Å². The SMILES string of the molecule is CCCN(CC(=O)Nc1ccccc1S(=O)(=O)C(F)F)Cc1ccccc1O. The minimum absolute atomic E-state index is 0.0920. The highest BCUT2D eigenvalue weighted by Crippen LogP contribution is 2.26. The molecular formula is C19H22F2N2O4S. The van der Waals surface area contributed by atoms with Gasteiger partial charge >= 0.3 is 5.76 Å². The van der Waals surface area contributed by atoms with E-state index in [-0.39, 0.29) is 18.0 Å². The number of sulfone groups is 1. The molecule has 0 fully saturated rings. The molecule has 1 amide bonds. The summed E-state index contributed by atoms with van der Waals surface area (Å²) in [6, 6.07) is 11.8. The Labute approximate surface area is 162 Å². The Morgan fingerprint density at radius 2 is 1.79 bits per heavy atom. The van der Waals surface area contributed by atoms with Crippen molar-refractivity contribution in [2.75, 3.05) is 18.4 Å². The molecule has 0 bridgehead atoms. The number of alkyl halides is 2. The van der Waals surface area contributed by atoms with Gasteiger partial charge in [0.1, 0.15) is 5.75 Å². The third-order valence-electron chi connectivity index (χ3n) is 3.99. The molecule has 0 aliphatic rings. The van der Waals surface area contributed by atoms with Crippen LogP contribution in [0.5, 0.6) is 5.75 Å². The van der Waals surface area contributed by atoms with Crippen molar-refractivity contribution in [1.29, 1.82) is 0 Å². The monoisotopic (exact) mass is 412 g/mol. The summed E-state index contributed by atoms with van der Waals surface area (Å²) in [5.74, 6) is -4.01. The van der Waals surface area contributed by atoms with Crippen LogP contribution < -0.4 is 5.32 Å². The van der Waals surface area contributed by atoms with Crippen LogP contribution >= 0.6 is 0 Å². The first-order valence-corrected chi connectivity index (χ1v) is 10.2. The van der Waals surface area contributed by atoms with Crippen molar-refractivity contribution in [3.05, 3.63) is 54.1 Å². The predicted octanol–water partition coefficient (Wildman–Crippen LogP) is 3.24. The van der Waals surface area contributed by atoms with Crippen LogP contribution in [0.3, 0.4) is 0 Å². The van der Waals surface area contributed by atoms with E-state index in [2.05, 4.69) is 5.32 Å². The van der Waals surface area contributed by atoms with Crippen LogP contribution in [-0.2, 0) is 21.2 Å². The van der Waals surface area contributed by atoms with Crippen LogP contribution in [0.25, 0.3) is 0 Å². The molecule has 2 aromatic carbocycles. The van der Waals surface area contributed by atoms with Crippen molar-refractivity contribution < 1.29 is 27.1 Å². The average Bonchev–Trinajstić information content (AvgIpc) is 2.64. The van der Waals surface area contributed by atoms with Crippen LogP contribution in [0.4, 0.5) is 14.5 Å². The van der Waals surface area contributed by atoms with Crippen LogP contribution in [0.15, 0.2) is 53.4 Å². The first-order chi connectivity index (χ1) is 13.3. The minimum Gasteiger partial charge on any atom is -0.508 e. The van der Waals surface area contributed by atoms with Gasteiger partial charge in [-0.3, -0.25) is 9.69 Å². The molecule has 0 spiro atoms. The van der Waals surface area contributed by atoms with Crippen molar-refractivity contribution in [3.8, 4) is 5.75 Å². The zero-order chi connectivity index (χ0) is 20.7. The fraction of sp³-hybridized carbons (Fsp3) is 0.316. The van der Waals surface area contributed by atoms with Crippen molar-refractivity contribution >= 4 is 21.4 Å². The topological polar surface area (TPSA) is 86.7 Å². The number of para-hydroxylation sites is 2. The van der Waals surface area contributed by atoms with Gasteiger partial charge < -0.3 is 10.4 Å². The summed E-state index contributed by atoms with van der Waals surface area (Å²) in [7, 11) is -4.84. The zero-order valence-electron chi connectivity index (χ0n) is 15.3. The van der Waals surface area contributed by atoms with Gasteiger partial charge in [-0.25, -0.2) is 8.42 Å². The Morgan fingerprint density at radius 1 is 1.14 bits per heavy atom. The van der Waals surface area contributed by atoms with Crippen LogP contribution in [0.1, 0.15) is 18.9 Å². The summed E-state index contributed by atoms with van der Waals surface area (Å²) in [5, 5.41) is 12.3. The molecule has 2 rings (SSSR count). The van der Waals surface area contributed by atoms with Crippen molar-refractivity contribution in [2.24, 2.45) is 0 Å². The largest absolute Gasteiger partial charge is 0.508 e. The fourth-order valence-electron chi connectivity index (χ4n) is 2.72. The number of benzene rings is 2. The third kappa shape index (κ3) is 5.49. The summed E-state index contributed by atoms with van der Waals surface area (Å²) >= 11 is 0. The molecule has 0 aliphatic heterocycles. The van der Waals surface area contributed by atoms with Crippen LogP contribution in [-0.4, -0.2) is 43.2 Å². The highest BCUT2D eigenvalue weighted by Gasteiger charge is 2.29. The first-order valence-electron chi connectivity index (χ1n) is 8.65. The van der Waals surface area contributed by atoms with Gasteiger partial charge in [0.25, 0.3) is 0 Å². The lowest BCUT2D eigenvalue weighted by molar-refractivity contribution is -0.117. The third-order valence-corrected chi connectivity index (χ3v) is 5.43. The van der Waals surface area contributed by atoms with E-state index < -0.39 is 26.4 Å². The summed E-state index contributed by atoms with van der Waals surface area (Å²) in [4.78, 5) is 13.6. The summed E-state index contributed by atoms with van der Waals surface area (Å²) in [5.41, 5.74) is 0.455. The smallest absolute Gasteiger partial charge is 0.341 e. The highest BCUT2D eigenvalue weighted by atomic mass is 32.2. The molecule has 152 valence electrons. The van der Waals surface area contributed by atoms with Crippen molar-refractivity contribution in [1.82, 2.24) is 4.90 Å². The molecule has 0 unspecified atom stereocenters. The Kier molecular flexibility index (Phi) is 7.47.